The molecule has 7 nitrogen and oxygen atoms in total. The number of urea groups is 1. The minimum atomic E-state index is -4.49. The summed E-state index contributed by atoms with van der Waals surface area (Å²) in [6, 6.07) is 2.72. The number of carbonyl (C=O) groups excluding carboxylic acids is 2. The van der Waals surface area contributed by atoms with Gasteiger partial charge in [0.05, 0.1) is 23.5 Å². The van der Waals surface area contributed by atoms with E-state index in [0.29, 0.717) is 38.2 Å². The number of carbonyl (C=O) groups is 2. The number of hydrogen-bond donors (Lipinski definition) is 2. The van der Waals surface area contributed by atoms with Crippen LogP contribution in [0.2, 0.25) is 0 Å². The second kappa shape index (κ2) is 9.44. The lowest BCUT2D eigenvalue weighted by Crippen LogP contribution is -2.47. The number of piperidine rings is 1. The first-order valence-electron chi connectivity index (χ1n) is 10.2. The molecule has 2 heterocycles. The maximum atomic E-state index is 13.2. The van der Waals surface area contributed by atoms with E-state index in [-0.39, 0.29) is 17.8 Å². The zero-order valence-electron chi connectivity index (χ0n) is 16.9. The van der Waals surface area contributed by atoms with Gasteiger partial charge >= 0.3 is 18.3 Å². The van der Waals surface area contributed by atoms with E-state index in [1.807, 2.05) is 4.90 Å². The molecule has 0 aromatic heterocycles. The highest BCUT2D eigenvalue weighted by Gasteiger charge is 2.32. The summed E-state index contributed by atoms with van der Waals surface area (Å²) in [5, 5.41) is 5.41. The summed E-state index contributed by atoms with van der Waals surface area (Å²) in [4.78, 5) is 27.8. The number of hydrogen-bond acceptors (Lipinski definition) is 4. The molecule has 0 bridgehead atoms. The summed E-state index contributed by atoms with van der Waals surface area (Å²) in [5.74, 6) is 0. The number of nitrogens with one attached hydrogen (secondary N) is 2. The molecule has 1 aromatic rings. The molecule has 2 saturated heterocycles. The number of rotatable bonds is 4. The van der Waals surface area contributed by atoms with E-state index in [4.69, 9.17) is 4.74 Å². The van der Waals surface area contributed by atoms with Crippen LogP contribution in [0, 0.1) is 0 Å². The van der Waals surface area contributed by atoms with Gasteiger partial charge in [0.25, 0.3) is 0 Å². The van der Waals surface area contributed by atoms with Crippen molar-refractivity contribution in [3.63, 3.8) is 0 Å². The van der Waals surface area contributed by atoms with Crippen molar-refractivity contribution in [3.05, 3.63) is 23.8 Å². The van der Waals surface area contributed by atoms with Gasteiger partial charge < -0.3 is 25.2 Å². The SMILES string of the molecule is CCOC(=O)N1CCC(NC(=O)Nc2cc(C(F)(F)F)ccc2N2CCCC2)CC1. The highest BCUT2D eigenvalue weighted by molar-refractivity contribution is 5.93. The molecular formula is C20H27F3N4O3. The molecule has 10 heteroatoms. The molecule has 0 saturated carbocycles. The topological polar surface area (TPSA) is 73.9 Å². The Balaban J connectivity index is 1.63. The van der Waals surface area contributed by atoms with Gasteiger partial charge in [0.2, 0.25) is 0 Å². The van der Waals surface area contributed by atoms with Gasteiger partial charge in [-0.3, -0.25) is 0 Å². The van der Waals surface area contributed by atoms with Crippen LogP contribution in [-0.4, -0.2) is 55.9 Å². The number of benzene rings is 1. The minimum absolute atomic E-state index is 0.146. The average molecular weight is 428 g/mol. The fraction of sp³-hybridized carbons (Fsp3) is 0.600. The zero-order valence-corrected chi connectivity index (χ0v) is 16.9. The summed E-state index contributed by atoms with van der Waals surface area (Å²) in [6.07, 6.45) is -1.84. The number of nitrogens with zero attached hydrogens (tertiary/aromatic N) is 2. The lowest BCUT2D eigenvalue weighted by molar-refractivity contribution is -0.137. The first kappa shape index (κ1) is 22.0. The van der Waals surface area contributed by atoms with Crippen LogP contribution in [0.15, 0.2) is 18.2 Å². The highest BCUT2D eigenvalue weighted by Crippen LogP contribution is 2.36. The summed E-state index contributed by atoms with van der Waals surface area (Å²) in [5.41, 5.74) is -0.0653. The molecule has 166 valence electrons. The molecule has 3 rings (SSSR count). The summed E-state index contributed by atoms with van der Waals surface area (Å²) in [6.45, 7) is 4.43. The van der Waals surface area contributed by atoms with Crippen LogP contribution >= 0.6 is 0 Å². The fourth-order valence-corrected chi connectivity index (χ4v) is 3.81. The predicted octanol–water partition coefficient (Wildman–Crippen LogP) is 4.05. The molecular weight excluding hydrogens is 401 g/mol. The molecule has 0 radical (unpaired) electrons. The Morgan fingerprint density at radius 3 is 2.40 bits per heavy atom. The normalized spacial score (nSPS) is 17.7. The molecule has 0 atom stereocenters. The van der Waals surface area contributed by atoms with Crippen LogP contribution < -0.4 is 15.5 Å². The van der Waals surface area contributed by atoms with Gasteiger partial charge in [0, 0.05) is 32.2 Å². The van der Waals surface area contributed by atoms with E-state index >= 15 is 0 Å². The van der Waals surface area contributed by atoms with E-state index in [9.17, 15) is 22.8 Å². The predicted molar refractivity (Wildman–Crippen MR) is 107 cm³/mol. The third kappa shape index (κ3) is 5.48. The van der Waals surface area contributed by atoms with Crippen LogP contribution in [0.4, 0.5) is 34.1 Å². The van der Waals surface area contributed by atoms with Crippen LogP contribution in [0.5, 0.6) is 0 Å². The fourth-order valence-electron chi connectivity index (χ4n) is 3.81. The third-order valence-electron chi connectivity index (χ3n) is 5.38. The van der Waals surface area contributed by atoms with E-state index in [1.54, 1.807) is 11.8 Å². The average Bonchev–Trinajstić information content (AvgIpc) is 3.22. The highest BCUT2D eigenvalue weighted by atomic mass is 19.4. The Morgan fingerprint density at radius 1 is 1.13 bits per heavy atom. The van der Waals surface area contributed by atoms with Crippen LogP contribution in [0.1, 0.15) is 38.2 Å². The van der Waals surface area contributed by atoms with Gasteiger partial charge in [-0.05, 0) is 50.8 Å². The van der Waals surface area contributed by atoms with Crippen molar-refractivity contribution < 1.29 is 27.5 Å². The van der Waals surface area contributed by atoms with Crippen molar-refractivity contribution in [3.8, 4) is 0 Å². The van der Waals surface area contributed by atoms with Gasteiger partial charge in [-0.1, -0.05) is 0 Å². The molecule has 30 heavy (non-hydrogen) atoms. The largest absolute Gasteiger partial charge is 0.450 e. The summed E-state index contributed by atoms with van der Waals surface area (Å²) < 4.78 is 44.4. The minimum Gasteiger partial charge on any atom is -0.450 e. The molecule has 2 aliphatic rings. The van der Waals surface area contributed by atoms with Crippen molar-refractivity contribution >= 4 is 23.5 Å². The Labute approximate surface area is 173 Å². The van der Waals surface area contributed by atoms with Crippen molar-refractivity contribution in [2.24, 2.45) is 0 Å². The van der Waals surface area contributed by atoms with Gasteiger partial charge in [0.15, 0.2) is 0 Å². The van der Waals surface area contributed by atoms with Crippen molar-refractivity contribution in [2.75, 3.05) is 43.0 Å². The second-order valence-electron chi connectivity index (χ2n) is 7.48. The molecule has 0 aliphatic carbocycles. The van der Waals surface area contributed by atoms with E-state index in [1.165, 1.54) is 6.07 Å². The van der Waals surface area contributed by atoms with Crippen molar-refractivity contribution in [2.45, 2.75) is 44.8 Å². The smallest absolute Gasteiger partial charge is 0.416 e. The monoisotopic (exact) mass is 428 g/mol. The number of alkyl halides is 3. The maximum Gasteiger partial charge on any atom is 0.416 e. The maximum absolute atomic E-state index is 13.2. The summed E-state index contributed by atoms with van der Waals surface area (Å²) in [7, 11) is 0. The Bertz CT molecular complexity index is 758. The Morgan fingerprint density at radius 2 is 1.80 bits per heavy atom. The van der Waals surface area contributed by atoms with Gasteiger partial charge in [-0.25, -0.2) is 9.59 Å². The molecule has 2 fully saturated rings. The van der Waals surface area contributed by atoms with Gasteiger partial charge in [0.1, 0.15) is 0 Å². The van der Waals surface area contributed by atoms with Crippen LogP contribution in [-0.2, 0) is 10.9 Å². The zero-order chi connectivity index (χ0) is 21.7. The molecule has 0 unspecified atom stereocenters. The third-order valence-corrected chi connectivity index (χ3v) is 5.38. The van der Waals surface area contributed by atoms with E-state index < -0.39 is 17.8 Å². The van der Waals surface area contributed by atoms with Crippen molar-refractivity contribution in [1.29, 1.82) is 0 Å². The van der Waals surface area contributed by atoms with Gasteiger partial charge in [-0.2, -0.15) is 13.2 Å². The quantitative estimate of drug-likeness (QED) is 0.759. The lowest BCUT2D eigenvalue weighted by Gasteiger charge is -2.31. The molecule has 1 aromatic carbocycles. The molecule has 2 aliphatic heterocycles. The standard InChI is InChI=1S/C20H27F3N4O3/c1-2-30-19(29)27-11-7-15(8-12-27)24-18(28)25-16-13-14(20(21,22)23)5-6-17(16)26-9-3-4-10-26/h5-6,13,15H,2-4,7-12H2,1H3,(H2,24,25,28). The van der Waals surface area contributed by atoms with E-state index in [0.717, 1.165) is 38.1 Å². The Kier molecular flexibility index (Phi) is 6.94. The lowest BCUT2D eigenvalue weighted by atomic mass is 10.1. The van der Waals surface area contributed by atoms with Crippen LogP contribution in [0.3, 0.4) is 0 Å². The van der Waals surface area contributed by atoms with E-state index in [2.05, 4.69) is 10.6 Å². The summed E-state index contributed by atoms with van der Waals surface area (Å²) >= 11 is 0. The van der Waals surface area contributed by atoms with Crippen molar-refractivity contribution in [1.82, 2.24) is 10.2 Å². The number of amides is 3. The van der Waals surface area contributed by atoms with Crippen LogP contribution in [0.25, 0.3) is 0 Å². The number of likely N-dealkylation sites (tertiary alicyclic amines) is 1. The molecule has 3 amide bonds. The first-order valence-corrected chi connectivity index (χ1v) is 10.2. The number of ether oxygens (including phenoxy) is 1. The second-order valence-corrected chi connectivity index (χ2v) is 7.48. The number of halogens is 3. The number of anilines is 2. The van der Waals surface area contributed by atoms with Gasteiger partial charge in [-0.15, -0.1) is 0 Å². The first-order chi connectivity index (χ1) is 14.3. The molecule has 2 N–H and O–H groups in total. The molecule has 0 spiro atoms. The Hall–Kier alpha value is -2.65.